The van der Waals surface area contributed by atoms with Crippen molar-refractivity contribution in [2.75, 3.05) is 6.61 Å². The van der Waals surface area contributed by atoms with Gasteiger partial charge in [0, 0.05) is 18.4 Å². The smallest absolute Gasteiger partial charge is 0.339 e. The summed E-state index contributed by atoms with van der Waals surface area (Å²) in [6, 6.07) is 22.7. The van der Waals surface area contributed by atoms with Gasteiger partial charge in [-0.3, -0.25) is 0 Å². The van der Waals surface area contributed by atoms with Crippen molar-refractivity contribution in [1.82, 2.24) is 4.98 Å². The summed E-state index contributed by atoms with van der Waals surface area (Å²) in [5, 5.41) is 9.51. The zero-order chi connectivity index (χ0) is 26.2. The number of hydrogen-bond donors (Lipinski definition) is 1. The topological polar surface area (TPSA) is 91.0 Å². The van der Waals surface area contributed by atoms with Crippen LogP contribution in [-0.4, -0.2) is 29.0 Å². The van der Waals surface area contributed by atoms with Crippen molar-refractivity contribution < 1.29 is 28.5 Å². The second-order valence-electron chi connectivity index (χ2n) is 8.65. The van der Waals surface area contributed by atoms with Crippen molar-refractivity contribution >= 4 is 5.97 Å². The monoisotopic (exact) mass is 501 g/mol. The van der Waals surface area contributed by atoms with Gasteiger partial charge in [0.2, 0.25) is 5.89 Å². The van der Waals surface area contributed by atoms with Crippen molar-refractivity contribution in [2.45, 2.75) is 46.5 Å². The third-order valence-electron chi connectivity index (χ3n) is 5.92. The molecule has 0 amide bonds. The van der Waals surface area contributed by atoms with Gasteiger partial charge in [-0.15, -0.1) is 0 Å². The minimum Gasteiger partial charge on any atom is -0.493 e. The van der Waals surface area contributed by atoms with E-state index in [1.165, 1.54) is 0 Å². The molecular weight excluding hydrogens is 470 g/mol. The first-order chi connectivity index (χ1) is 17.9. The molecule has 3 aromatic carbocycles. The van der Waals surface area contributed by atoms with E-state index in [0.717, 1.165) is 28.3 Å². The Labute approximate surface area is 216 Å². The number of carbonyl (C=O) groups is 1. The highest BCUT2D eigenvalue weighted by molar-refractivity contribution is 5.92. The Bertz CT molecular complexity index is 1310. The average Bonchev–Trinajstić information content (AvgIpc) is 3.28. The molecule has 0 spiro atoms. The van der Waals surface area contributed by atoms with Crippen molar-refractivity contribution in [3.05, 3.63) is 101 Å². The van der Waals surface area contributed by atoms with Crippen LogP contribution in [0.5, 0.6) is 11.5 Å². The van der Waals surface area contributed by atoms with E-state index in [-0.39, 0.29) is 5.56 Å². The molecule has 1 N–H and O–H groups in total. The van der Waals surface area contributed by atoms with Gasteiger partial charge in [0.1, 0.15) is 22.8 Å². The van der Waals surface area contributed by atoms with Crippen LogP contribution < -0.4 is 9.47 Å². The fourth-order valence-electron chi connectivity index (χ4n) is 3.89. The van der Waals surface area contributed by atoms with Crippen LogP contribution in [0.4, 0.5) is 0 Å². The maximum Gasteiger partial charge on any atom is 0.339 e. The Morgan fingerprint density at radius 1 is 1.00 bits per heavy atom. The fraction of sp³-hybridized carbons (Fsp3) is 0.267. The molecule has 0 saturated heterocycles. The Hall–Kier alpha value is -4.10. The highest BCUT2D eigenvalue weighted by Crippen LogP contribution is 2.25. The number of rotatable bonds is 12. The van der Waals surface area contributed by atoms with Crippen LogP contribution in [-0.2, 0) is 17.8 Å². The van der Waals surface area contributed by atoms with E-state index in [4.69, 9.17) is 18.6 Å². The summed E-state index contributed by atoms with van der Waals surface area (Å²) in [5.41, 5.74) is 3.59. The number of aromatic nitrogens is 1. The maximum absolute atomic E-state index is 11.6. The lowest BCUT2D eigenvalue weighted by atomic mass is 10.1. The van der Waals surface area contributed by atoms with Gasteiger partial charge in [0.25, 0.3) is 0 Å². The normalized spacial score (nSPS) is 11.8. The number of aryl methyl sites for hydroxylation is 2. The van der Waals surface area contributed by atoms with E-state index >= 15 is 0 Å². The van der Waals surface area contributed by atoms with Crippen LogP contribution in [0.3, 0.4) is 0 Å². The van der Waals surface area contributed by atoms with E-state index in [0.29, 0.717) is 43.3 Å². The van der Waals surface area contributed by atoms with Crippen LogP contribution in [0.1, 0.15) is 46.3 Å². The maximum atomic E-state index is 11.6. The van der Waals surface area contributed by atoms with Crippen LogP contribution in [0.15, 0.2) is 77.2 Å². The van der Waals surface area contributed by atoms with Gasteiger partial charge in [-0.1, -0.05) is 49.4 Å². The number of hydrogen-bond acceptors (Lipinski definition) is 6. The lowest BCUT2D eigenvalue weighted by Crippen LogP contribution is -2.21. The third-order valence-corrected chi connectivity index (χ3v) is 5.92. The molecule has 0 aliphatic heterocycles. The summed E-state index contributed by atoms with van der Waals surface area (Å²) in [6.45, 7) is 6.39. The zero-order valence-electron chi connectivity index (χ0n) is 21.3. The number of benzene rings is 3. The number of carboxylic acids is 1. The summed E-state index contributed by atoms with van der Waals surface area (Å²) in [5.74, 6) is 1.45. The molecule has 0 aliphatic rings. The molecule has 7 nitrogen and oxygen atoms in total. The van der Waals surface area contributed by atoms with Crippen molar-refractivity contribution in [1.29, 1.82) is 0 Å². The zero-order valence-corrected chi connectivity index (χ0v) is 21.3. The van der Waals surface area contributed by atoms with Gasteiger partial charge in [-0.25, -0.2) is 9.78 Å². The number of oxazole rings is 1. The molecule has 0 aliphatic carbocycles. The second-order valence-corrected chi connectivity index (χ2v) is 8.65. The standard InChI is InChI=1S/C30H31NO6/c1-4-27(37-26-12-8-9-20(2)28(26)30(32)33)35-19-22-13-15-24(16-14-22)34-18-17-25-21(3)36-29(31-25)23-10-6-5-7-11-23/h5-16,27H,4,17-19H2,1-3H3,(H,32,33). The van der Waals surface area contributed by atoms with Crippen molar-refractivity contribution in [2.24, 2.45) is 0 Å². The Morgan fingerprint density at radius 3 is 2.46 bits per heavy atom. The first kappa shape index (κ1) is 26.0. The minimum atomic E-state index is -1.02. The lowest BCUT2D eigenvalue weighted by molar-refractivity contribution is -0.0908. The number of ether oxygens (including phenoxy) is 3. The highest BCUT2D eigenvalue weighted by atomic mass is 16.7. The average molecular weight is 502 g/mol. The molecule has 7 heteroatoms. The first-order valence-corrected chi connectivity index (χ1v) is 12.3. The molecule has 4 aromatic rings. The quantitative estimate of drug-likeness (QED) is 0.218. The van der Waals surface area contributed by atoms with Gasteiger partial charge in [0.05, 0.1) is 18.9 Å². The summed E-state index contributed by atoms with van der Waals surface area (Å²) in [6.07, 6.45) is 0.642. The molecule has 0 saturated carbocycles. The van der Waals surface area contributed by atoms with Gasteiger partial charge in [0.15, 0.2) is 6.29 Å². The highest BCUT2D eigenvalue weighted by Gasteiger charge is 2.18. The number of nitrogens with zero attached hydrogens (tertiary/aromatic N) is 1. The van der Waals surface area contributed by atoms with E-state index in [2.05, 4.69) is 4.98 Å². The Balaban J connectivity index is 1.27. The lowest BCUT2D eigenvalue weighted by Gasteiger charge is -2.20. The summed E-state index contributed by atoms with van der Waals surface area (Å²) < 4.78 is 23.5. The Morgan fingerprint density at radius 2 is 1.76 bits per heavy atom. The van der Waals surface area contributed by atoms with E-state index in [1.54, 1.807) is 25.1 Å². The van der Waals surface area contributed by atoms with Crippen LogP contribution in [0.25, 0.3) is 11.5 Å². The van der Waals surface area contributed by atoms with Gasteiger partial charge in [-0.05, 0) is 55.3 Å². The molecule has 1 atom stereocenters. The molecule has 4 rings (SSSR count). The molecule has 1 aromatic heterocycles. The molecule has 1 heterocycles. The van der Waals surface area contributed by atoms with Crippen LogP contribution in [0.2, 0.25) is 0 Å². The van der Waals surface area contributed by atoms with Crippen LogP contribution >= 0.6 is 0 Å². The molecule has 0 radical (unpaired) electrons. The predicted molar refractivity (Wildman–Crippen MR) is 140 cm³/mol. The summed E-state index contributed by atoms with van der Waals surface area (Å²) in [4.78, 5) is 16.2. The van der Waals surface area contributed by atoms with E-state index < -0.39 is 12.3 Å². The molecular formula is C30H31NO6. The molecule has 37 heavy (non-hydrogen) atoms. The molecule has 0 bridgehead atoms. The van der Waals surface area contributed by atoms with Gasteiger partial charge >= 0.3 is 5.97 Å². The van der Waals surface area contributed by atoms with Crippen molar-refractivity contribution in [3.8, 4) is 23.0 Å². The predicted octanol–water partition coefficient (Wildman–Crippen LogP) is 6.61. The van der Waals surface area contributed by atoms with E-state index in [9.17, 15) is 9.90 Å². The first-order valence-electron chi connectivity index (χ1n) is 12.3. The third kappa shape index (κ3) is 6.77. The summed E-state index contributed by atoms with van der Waals surface area (Å²) >= 11 is 0. The SMILES string of the molecule is CCC(OCc1ccc(OCCc2nc(-c3ccccc3)oc2C)cc1)Oc1cccc(C)c1C(=O)O. The molecule has 1 unspecified atom stereocenters. The molecule has 192 valence electrons. The van der Waals surface area contributed by atoms with Crippen molar-refractivity contribution in [3.63, 3.8) is 0 Å². The summed E-state index contributed by atoms with van der Waals surface area (Å²) in [7, 11) is 0. The minimum absolute atomic E-state index is 0.156. The largest absolute Gasteiger partial charge is 0.493 e. The van der Waals surface area contributed by atoms with Gasteiger partial charge in [-0.2, -0.15) is 0 Å². The molecule has 0 fully saturated rings. The van der Waals surface area contributed by atoms with Gasteiger partial charge < -0.3 is 23.7 Å². The fourth-order valence-corrected chi connectivity index (χ4v) is 3.89. The number of aromatic carboxylic acids is 1. The Kier molecular flexibility index (Phi) is 8.59. The second kappa shape index (κ2) is 12.2. The van der Waals surface area contributed by atoms with E-state index in [1.807, 2.05) is 68.4 Å². The number of carboxylic acid groups (broad SMARTS) is 1. The van der Waals surface area contributed by atoms with Crippen LogP contribution in [0, 0.1) is 13.8 Å².